The van der Waals surface area contributed by atoms with Gasteiger partial charge >= 0.3 is 6.36 Å². The van der Waals surface area contributed by atoms with Crippen LogP contribution in [0.4, 0.5) is 13.2 Å². The van der Waals surface area contributed by atoms with Crippen LogP contribution in [-0.4, -0.2) is 44.7 Å². The van der Waals surface area contributed by atoms with Crippen molar-refractivity contribution < 1.29 is 17.9 Å². The molecule has 3 atom stereocenters. The van der Waals surface area contributed by atoms with Crippen LogP contribution >= 0.6 is 0 Å². The molecule has 0 spiro atoms. The molecule has 0 radical (unpaired) electrons. The summed E-state index contributed by atoms with van der Waals surface area (Å²) in [6, 6.07) is 3.56. The maximum absolute atomic E-state index is 12.7. The largest absolute Gasteiger partial charge is 0.573 e. The van der Waals surface area contributed by atoms with E-state index in [0.29, 0.717) is 29.0 Å². The molecule has 1 saturated carbocycles. The summed E-state index contributed by atoms with van der Waals surface area (Å²) in [5, 5.41) is 4.73. The number of piperidine rings is 1. The topological polar surface area (TPSA) is 43.2 Å². The van der Waals surface area contributed by atoms with E-state index in [9.17, 15) is 13.2 Å². The zero-order valence-electron chi connectivity index (χ0n) is 18.3. The molecule has 0 N–H and O–H groups in total. The van der Waals surface area contributed by atoms with E-state index in [1.54, 1.807) is 6.20 Å². The summed E-state index contributed by atoms with van der Waals surface area (Å²) >= 11 is 0. The zero-order valence-corrected chi connectivity index (χ0v) is 18.3. The fourth-order valence-corrected chi connectivity index (χ4v) is 4.61. The average Bonchev–Trinajstić information content (AvgIpc) is 2.99. The minimum Gasteiger partial charge on any atom is -0.404 e. The number of pyridine rings is 1. The van der Waals surface area contributed by atoms with Crippen LogP contribution in [0.2, 0.25) is 0 Å². The third-order valence-electron chi connectivity index (χ3n) is 6.30. The number of halogens is 3. The Morgan fingerprint density at radius 2 is 1.73 bits per heavy atom. The fraction of sp³-hybridized carbons (Fsp3) is 0.636. The molecule has 4 rings (SSSR count). The number of hydrogen-bond acceptors (Lipinski definition) is 4. The van der Waals surface area contributed by atoms with Gasteiger partial charge in [0.15, 0.2) is 5.75 Å². The quantitative estimate of drug-likeness (QED) is 0.681. The number of fused-ring (bicyclic) bond motifs is 1. The first-order valence-electron chi connectivity index (χ1n) is 10.4. The Labute approximate surface area is 175 Å². The molecule has 1 aliphatic carbocycles. The molecule has 0 aromatic carbocycles. The lowest BCUT2D eigenvalue weighted by molar-refractivity contribution is -0.274. The van der Waals surface area contributed by atoms with Gasteiger partial charge in [0.25, 0.3) is 0 Å². The van der Waals surface area contributed by atoms with Crippen molar-refractivity contribution >= 4 is 0 Å². The van der Waals surface area contributed by atoms with Crippen molar-refractivity contribution in [2.24, 2.45) is 11.8 Å². The SMILES string of the molecule is Cc1ncc(-c2cc(C3[C@H]4CN(C(C)(C)C)C[C@@H]34)n(C(C)C)n2)cc1OC(F)(F)F. The lowest BCUT2D eigenvalue weighted by Crippen LogP contribution is -2.41. The number of aromatic nitrogens is 3. The van der Waals surface area contributed by atoms with Gasteiger partial charge in [-0.25, -0.2) is 0 Å². The zero-order chi connectivity index (χ0) is 22.0. The molecule has 0 amide bonds. The Morgan fingerprint density at radius 3 is 2.27 bits per heavy atom. The van der Waals surface area contributed by atoms with E-state index in [1.165, 1.54) is 18.7 Å². The van der Waals surface area contributed by atoms with Gasteiger partial charge in [-0.15, -0.1) is 13.2 Å². The Hall–Kier alpha value is -2.09. The van der Waals surface area contributed by atoms with E-state index in [0.717, 1.165) is 13.1 Å². The van der Waals surface area contributed by atoms with E-state index < -0.39 is 6.36 Å². The first kappa shape index (κ1) is 21.2. The van der Waals surface area contributed by atoms with Crippen molar-refractivity contribution in [1.29, 1.82) is 0 Å². The van der Waals surface area contributed by atoms with Crippen LogP contribution in [0.25, 0.3) is 11.3 Å². The molecule has 2 aromatic rings. The number of hydrogen-bond donors (Lipinski definition) is 0. The predicted octanol–water partition coefficient (Wildman–Crippen LogP) is 5.18. The van der Waals surface area contributed by atoms with Gasteiger partial charge in [-0.2, -0.15) is 5.10 Å². The van der Waals surface area contributed by atoms with Crippen molar-refractivity contribution in [1.82, 2.24) is 19.7 Å². The number of aryl methyl sites for hydroxylation is 1. The van der Waals surface area contributed by atoms with E-state index in [1.807, 2.05) is 10.7 Å². The Balaban J connectivity index is 1.62. The summed E-state index contributed by atoms with van der Waals surface area (Å²) in [6.07, 6.45) is -3.19. The van der Waals surface area contributed by atoms with Crippen LogP contribution in [0, 0.1) is 18.8 Å². The first-order chi connectivity index (χ1) is 13.8. The number of ether oxygens (including phenoxy) is 1. The predicted molar refractivity (Wildman–Crippen MR) is 108 cm³/mol. The van der Waals surface area contributed by atoms with Crippen molar-refractivity contribution in [3.63, 3.8) is 0 Å². The first-order valence-corrected chi connectivity index (χ1v) is 10.4. The second-order valence-corrected chi connectivity index (χ2v) is 9.78. The minimum atomic E-state index is -4.75. The molecule has 5 nitrogen and oxygen atoms in total. The number of alkyl halides is 3. The highest BCUT2D eigenvalue weighted by Gasteiger charge is 2.58. The minimum absolute atomic E-state index is 0.165. The standard InChI is InChI=1S/C22H29F3N4O/c1-12(2)29-18(20-15-10-28(11-16(15)20)21(4,5)6)8-17(27-29)14-7-19(13(3)26-9-14)30-22(23,24)25/h7-9,12,15-16,20H,10-11H2,1-6H3/t15-,16+,20?. The fourth-order valence-electron chi connectivity index (χ4n) is 4.61. The lowest BCUT2D eigenvalue weighted by atomic mass is 10.0. The second-order valence-electron chi connectivity index (χ2n) is 9.78. The Morgan fingerprint density at radius 1 is 1.10 bits per heavy atom. The molecule has 164 valence electrons. The number of rotatable bonds is 4. The second kappa shape index (κ2) is 6.97. The molecule has 30 heavy (non-hydrogen) atoms. The molecule has 2 aromatic heterocycles. The molecular weight excluding hydrogens is 393 g/mol. The van der Waals surface area contributed by atoms with Gasteiger partial charge in [0.05, 0.1) is 11.4 Å². The maximum atomic E-state index is 12.7. The molecule has 1 saturated heterocycles. The summed E-state index contributed by atoms with van der Waals surface area (Å²) in [6.45, 7) is 14.5. The molecule has 3 heterocycles. The van der Waals surface area contributed by atoms with Gasteiger partial charge in [0.1, 0.15) is 0 Å². The molecule has 1 aliphatic heterocycles. The van der Waals surface area contributed by atoms with Crippen LogP contribution in [0.15, 0.2) is 18.3 Å². The van der Waals surface area contributed by atoms with Gasteiger partial charge in [-0.1, -0.05) is 0 Å². The van der Waals surface area contributed by atoms with Gasteiger partial charge in [0, 0.05) is 48.0 Å². The molecule has 2 fully saturated rings. The van der Waals surface area contributed by atoms with E-state index in [4.69, 9.17) is 5.10 Å². The van der Waals surface area contributed by atoms with E-state index in [2.05, 4.69) is 49.2 Å². The maximum Gasteiger partial charge on any atom is 0.573 e. The van der Waals surface area contributed by atoms with Gasteiger partial charge in [-0.3, -0.25) is 14.6 Å². The van der Waals surface area contributed by atoms with Crippen LogP contribution in [0.3, 0.4) is 0 Å². The van der Waals surface area contributed by atoms with Gasteiger partial charge in [0.2, 0.25) is 0 Å². The molecule has 2 aliphatic rings. The summed E-state index contributed by atoms with van der Waals surface area (Å²) in [5.74, 6) is 1.40. The number of nitrogens with zero attached hydrogens (tertiary/aromatic N) is 4. The Bertz CT molecular complexity index is 933. The van der Waals surface area contributed by atoms with Crippen molar-refractivity contribution in [2.75, 3.05) is 13.1 Å². The summed E-state index contributed by atoms with van der Waals surface area (Å²) in [7, 11) is 0. The number of likely N-dealkylation sites (tertiary alicyclic amines) is 1. The van der Waals surface area contributed by atoms with Gasteiger partial charge < -0.3 is 4.74 Å². The van der Waals surface area contributed by atoms with Crippen LogP contribution in [0.5, 0.6) is 5.75 Å². The molecule has 1 unspecified atom stereocenters. The third-order valence-corrected chi connectivity index (χ3v) is 6.30. The van der Waals surface area contributed by atoms with E-state index in [-0.39, 0.29) is 23.0 Å². The summed E-state index contributed by atoms with van der Waals surface area (Å²) in [4.78, 5) is 6.63. The van der Waals surface area contributed by atoms with Crippen LogP contribution < -0.4 is 4.74 Å². The molecule has 0 bridgehead atoms. The lowest BCUT2D eigenvalue weighted by Gasteiger charge is -2.33. The highest BCUT2D eigenvalue weighted by atomic mass is 19.4. The normalized spacial score (nSPS) is 24.4. The highest BCUT2D eigenvalue weighted by Crippen LogP contribution is 2.59. The Kier molecular flexibility index (Phi) is 4.91. The smallest absolute Gasteiger partial charge is 0.404 e. The van der Waals surface area contributed by atoms with Crippen molar-refractivity contribution in [3.8, 4) is 17.0 Å². The van der Waals surface area contributed by atoms with Crippen LogP contribution in [0.1, 0.15) is 58.0 Å². The van der Waals surface area contributed by atoms with Gasteiger partial charge in [-0.05, 0) is 65.5 Å². The van der Waals surface area contributed by atoms with E-state index >= 15 is 0 Å². The highest BCUT2D eigenvalue weighted by molar-refractivity contribution is 5.61. The summed E-state index contributed by atoms with van der Waals surface area (Å²) < 4.78 is 44.3. The molecule has 8 heteroatoms. The van der Waals surface area contributed by atoms with Crippen molar-refractivity contribution in [2.45, 2.75) is 65.4 Å². The van der Waals surface area contributed by atoms with Crippen molar-refractivity contribution in [3.05, 3.63) is 29.7 Å². The monoisotopic (exact) mass is 422 g/mol. The third kappa shape index (κ3) is 3.94. The average molecular weight is 422 g/mol. The molecular formula is C22H29F3N4O. The van der Waals surface area contributed by atoms with Crippen LogP contribution in [-0.2, 0) is 0 Å². The summed E-state index contributed by atoms with van der Waals surface area (Å²) in [5.41, 5.74) is 2.70.